The molecule has 154 valence electrons. The fraction of sp³-hybridized carbons (Fsp3) is 0.304. The molecule has 2 aliphatic heterocycles. The molecule has 1 N–H and O–H groups in total. The number of aryl methyl sites for hydroxylation is 1. The van der Waals surface area contributed by atoms with Gasteiger partial charge in [-0.1, -0.05) is 67.1 Å². The largest absolute Gasteiger partial charge is 0.351 e. The summed E-state index contributed by atoms with van der Waals surface area (Å²) in [5, 5.41) is 3.44. The zero-order chi connectivity index (χ0) is 21.1. The Morgan fingerprint density at radius 2 is 1.93 bits per heavy atom. The first kappa shape index (κ1) is 20.3. The minimum Gasteiger partial charge on any atom is -0.351 e. The minimum atomic E-state index is -0.377. The van der Waals surface area contributed by atoms with Gasteiger partial charge < -0.3 is 5.32 Å². The van der Waals surface area contributed by atoms with Crippen LogP contribution in [0.1, 0.15) is 36.5 Å². The van der Waals surface area contributed by atoms with Gasteiger partial charge in [-0.15, -0.1) is 0 Å². The van der Waals surface area contributed by atoms with E-state index in [1.54, 1.807) is 4.90 Å². The molecule has 30 heavy (non-hydrogen) atoms. The highest BCUT2D eigenvalue weighted by molar-refractivity contribution is 8.14. The molecule has 4 rings (SSSR count). The second kappa shape index (κ2) is 8.83. The molecule has 1 unspecified atom stereocenters. The van der Waals surface area contributed by atoms with Gasteiger partial charge in [0, 0.05) is 12.1 Å². The van der Waals surface area contributed by atoms with Crippen LogP contribution in [0.25, 0.3) is 0 Å². The Labute approximate surface area is 180 Å². The van der Waals surface area contributed by atoms with Crippen molar-refractivity contribution in [3.05, 3.63) is 65.2 Å². The van der Waals surface area contributed by atoms with E-state index in [9.17, 15) is 9.59 Å². The van der Waals surface area contributed by atoms with Gasteiger partial charge in [-0.3, -0.25) is 14.6 Å². The van der Waals surface area contributed by atoms with E-state index < -0.39 is 0 Å². The van der Waals surface area contributed by atoms with E-state index in [0.717, 1.165) is 23.2 Å². The summed E-state index contributed by atoms with van der Waals surface area (Å²) < 4.78 is 0. The predicted octanol–water partition coefficient (Wildman–Crippen LogP) is 3.80. The van der Waals surface area contributed by atoms with Crippen molar-refractivity contribution in [3.8, 4) is 0 Å². The minimum absolute atomic E-state index is 0.0623. The molecule has 0 fully saturated rings. The lowest BCUT2D eigenvalue weighted by atomic mass is 10.1. The lowest BCUT2D eigenvalue weighted by molar-refractivity contribution is -0.124. The number of para-hydroxylation sites is 1. The molecule has 0 aromatic heterocycles. The van der Waals surface area contributed by atoms with Crippen LogP contribution < -0.4 is 5.32 Å². The first-order valence-electron chi connectivity index (χ1n) is 10.1. The van der Waals surface area contributed by atoms with Crippen LogP contribution >= 0.6 is 11.8 Å². The first-order chi connectivity index (χ1) is 14.6. The molecule has 0 saturated heterocycles. The van der Waals surface area contributed by atoms with Gasteiger partial charge in [-0.2, -0.15) is 0 Å². The Morgan fingerprint density at radius 3 is 2.70 bits per heavy atom. The summed E-state index contributed by atoms with van der Waals surface area (Å²) in [6, 6.07) is 15.4. The number of benzene rings is 2. The third kappa shape index (κ3) is 4.16. The number of amides is 2. The monoisotopic (exact) mass is 420 g/mol. The zero-order valence-electron chi connectivity index (χ0n) is 17.1. The van der Waals surface area contributed by atoms with E-state index in [1.165, 1.54) is 17.3 Å². The Balaban J connectivity index is 1.46. The summed E-state index contributed by atoms with van der Waals surface area (Å²) >= 11 is 1.27. The second-order valence-corrected chi connectivity index (χ2v) is 8.34. The molecule has 0 radical (unpaired) electrons. The van der Waals surface area contributed by atoms with Gasteiger partial charge in [-0.05, 0) is 31.0 Å². The van der Waals surface area contributed by atoms with Crippen LogP contribution in [0.4, 0.5) is 5.69 Å². The normalized spacial score (nSPS) is 17.2. The van der Waals surface area contributed by atoms with E-state index >= 15 is 0 Å². The average molecular weight is 421 g/mol. The maximum absolute atomic E-state index is 12.9. The fourth-order valence-corrected chi connectivity index (χ4v) is 4.28. The average Bonchev–Trinajstić information content (AvgIpc) is 3.08. The Bertz CT molecular complexity index is 1030. The van der Waals surface area contributed by atoms with Gasteiger partial charge in [-0.25, -0.2) is 9.89 Å². The van der Waals surface area contributed by atoms with Crippen molar-refractivity contribution in [3.63, 3.8) is 0 Å². The van der Waals surface area contributed by atoms with Crippen LogP contribution in [-0.4, -0.2) is 39.5 Å². The van der Waals surface area contributed by atoms with Crippen LogP contribution in [0.15, 0.2) is 58.5 Å². The third-order valence-corrected chi connectivity index (χ3v) is 5.99. The number of hydrogen-bond acceptors (Lipinski definition) is 5. The van der Waals surface area contributed by atoms with Crippen LogP contribution in [0.2, 0.25) is 0 Å². The highest BCUT2D eigenvalue weighted by atomic mass is 32.2. The van der Waals surface area contributed by atoms with E-state index in [4.69, 9.17) is 0 Å². The molecule has 6 nitrogen and oxygen atoms in total. The van der Waals surface area contributed by atoms with E-state index in [2.05, 4.69) is 15.3 Å². The van der Waals surface area contributed by atoms with E-state index in [1.807, 2.05) is 62.4 Å². The van der Waals surface area contributed by atoms with Gasteiger partial charge in [0.25, 0.3) is 5.91 Å². The van der Waals surface area contributed by atoms with Gasteiger partial charge >= 0.3 is 0 Å². The molecule has 0 saturated carbocycles. The number of aliphatic imine (C=N–C) groups is 2. The number of thioether (sulfide) groups is 1. The fourth-order valence-electron chi connectivity index (χ4n) is 3.45. The predicted molar refractivity (Wildman–Crippen MR) is 121 cm³/mol. The number of carbonyl (C=O) groups is 2. The molecule has 1 atom stereocenters. The highest BCUT2D eigenvalue weighted by Gasteiger charge is 2.40. The summed E-state index contributed by atoms with van der Waals surface area (Å²) in [7, 11) is 0. The Kier molecular flexibility index (Phi) is 5.99. The smallest absolute Gasteiger partial charge is 0.259 e. The molecular weight excluding hydrogens is 396 g/mol. The summed E-state index contributed by atoms with van der Waals surface area (Å²) in [6.07, 6.45) is 1.58. The second-order valence-electron chi connectivity index (χ2n) is 7.39. The first-order valence-corrected chi connectivity index (χ1v) is 11.1. The summed E-state index contributed by atoms with van der Waals surface area (Å²) in [5.41, 5.74) is 3.87. The van der Waals surface area contributed by atoms with Crippen molar-refractivity contribution < 1.29 is 9.59 Å². The molecule has 2 heterocycles. The number of hydrogen-bond donors (Lipinski definition) is 1. The topological polar surface area (TPSA) is 74.1 Å². The van der Waals surface area contributed by atoms with Gasteiger partial charge in [0.1, 0.15) is 11.9 Å². The van der Waals surface area contributed by atoms with Crippen molar-refractivity contribution in [2.75, 3.05) is 5.75 Å². The molecule has 0 bridgehead atoms. The van der Waals surface area contributed by atoms with Gasteiger partial charge in [0.05, 0.1) is 11.4 Å². The van der Waals surface area contributed by atoms with E-state index in [-0.39, 0.29) is 23.6 Å². The van der Waals surface area contributed by atoms with Gasteiger partial charge in [0.2, 0.25) is 5.91 Å². The molecule has 2 aliphatic rings. The molecule has 0 aliphatic carbocycles. The number of nitrogens with zero attached hydrogens (tertiary/aromatic N) is 3. The SMILES string of the molecule is CCCC1N=C2c3ccccc3N=C(SCC(=O)NCc3ccc(C)cc3)N2C1=O. The summed E-state index contributed by atoms with van der Waals surface area (Å²) in [5.74, 6) is 0.666. The molecule has 7 heteroatoms. The molecule has 2 amide bonds. The molecular formula is C23H24N4O2S. The Morgan fingerprint density at radius 1 is 1.17 bits per heavy atom. The highest BCUT2D eigenvalue weighted by Crippen LogP contribution is 2.34. The van der Waals surface area contributed by atoms with Crippen LogP contribution in [0, 0.1) is 6.92 Å². The lowest BCUT2D eigenvalue weighted by Crippen LogP contribution is -2.41. The number of amidine groups is 2. The van der Waals surface area contributed by atoms with Crippen LogP contribution in [-0.2, 0) is 16.1 Å². The van der Waals surface area contributed by atoms with Crippen molar-refractivity contribution in [2.24, 2.45) is 9.98 Å². The van der Waals surface area contributed by atoms with Crippen molar-refractivity contribution in [1.29, 1.82) is 0 Å². The van der Waals surface area contributed by atoms with Crippen LogP contribution in [0.5, 0.6) is 0 Å². The summed E-state index contributed by atoms with van der Waals surface area (Å²) in [6.45, 7) is 4.55. The standard InChI is InChI=1S/C23H24N4O2S/c1-3-6-19-22(29)27-21(25-19)17-7-4-5-8-18(17)26-23(27)30-14-20(28)24-13-16-11-9-15(2)10-12-16/h4-5,7-12,19H,3,6,13-14H2,1-2H3,(H,24,28). The van der Waals surface area contributed by atoms with Gasteiger partial charge in [0.15, 0.2) is 5.17 Å². The zero-order valence-corrected chi connectivity index (χ0v) is 17.9. The van der Waals surface area contributed by atoms with Crippen molar-refractivity contribution in [1.82, 2.24) is 10.2 Å². The maximum atomic E-state index is 12.9. The number of rotatable bonds is 6. The van der Waals surface area contributed by atoms with E-state index in [0.29, 0.717) is 24.0 Å². The summed E-state index contributed by atoms with van der Waals surface area (Å²) in [4.78, 5) is 36.3. The number of carbonyl (C=O) groups excluding carboxylic acids is 2. The van der Waals surface area contributed by atoms with Crippen molar-refractivity contribution in [2.45, 2.75) is 39.3 Å². The van der Waals surface area contributed by atoms with Crippen molar-refractivity contribution >= 4 is 40.3 Å². The Hall–Kier alpha value is -2.93. The van der Waals surface area contributed by atoms with Crippen LogP contribution in [0.3, 0.4) is 0 Å². The maximum Gasteiger partial charge on any atom is 0.259 e. The molecule has 2 aromatic carbocycles. The molecule has 0 spiro atoms. The number of nitrogens with one attached hydrogen (secondary N) is 1. The molecule has 2 aromatic rings. The lowest BCUT2D eigenvalue weighted by Gasteiger charge is -2.25. The number of fused-ring (bicyclic) bond motifs is 3. The third-order valence-electron chi connectivity index (χ3n) is 5.05. The quantitative estimate of drug-likeness (QED) is 0.772.